The van der Waals surface area contributed by atoms with Gasteiger partial charge in [-0.1, -0.05) is 24.6 Å². The summed E-state index contributed by atoms with van der Waals surface area (Å²) in [6.07, 6.45) is 3.46. The molecule has 1 aromatic rings. The highest BCUT2D eigenvalue weighted by molar-refractivity contribution is 5.85. The minimum atomic E-state index is -0.984. The number of rotatable bonds is 8. The number of carbonyl (C=O) groups is 3. The third kappa shape index (κ3) is 5.75. The summed E-state index contributed by atoms with van der Waals surface area (Å²) in [5, 5.41) is 12.1. The fraction of sp³-hybridized carbons (Fsp3) is 0.526. The molecule has 0 radical (unpaired) electrons. The summed E-state index contributed by atoms with van der Waals surface area (Å²) in [6.45, 7) is 0.573. The molecule has 1 aliphatic heterocycles. The summed E-state index contributed by atoms with van der Waals surface area (Å²) >= 11 is 0. The minimum Gasteiger partial charge on any atom is -0.496 e. The van der Waals surface area contributed by atoms with Crippen LogP contribution in [0.25, 0.3) is 0 Å². The van der Waals surface area contributed by atoms with Crippen molar-refractivity contribution in [1.29, 1.82) is 0 Å². The molecule has 1 aliphatic rings. The van der Waals surface area contributed by atoms with E-state index < -0.39 is 11.9 Å². The number of aliphatic carboxylic acids is 1. The molecule has 0 bridgehead atoms. The zero-order valence-corrected chi connectivity index (χ0v) is 15.1. The largest absolute Gasteiger partial charge is 0.496 e. The number of benzene rings is 1. The number of para-hydroxylation sites is 1. The van der Waals surface area contributed by atoms with Gasteiger partial charge in [0, 0.05) is 19.5 Å². The second-order valence-corrected chi connectivity index (χ2v) is 6.48. The Labute approximate surface area is 153 Å². The standard InChI is InChI=1S/C19H26N2O5/c1-26-16-8-5-4-7-14(16)11-15(19(24)25)12-20-17(22)13-21-10-6-2-3-9-18(21)23/h4-5,7-8,15H,2-3,6,9-13H2,1H3,(H,20,22)(H,24,25). The molecule has 1 heterocycles. The number of likely N-dealkylation sites (tertiary alicyclic amines) is 1. The lowest BCUT2D eigenvalue weighted by Crippen LogP contribution is -2.42. The quantitative estimate of drug-likeness (QED) is 0.730. The van der Waals surface area contributed by atoms with Gasteiger partial charge in [0.2, 0.25) is 11.8 Å². The zero-order chi connectivity index (χ0) is 18.9. The lowest BCUT2D eigenvalue weighted by molar-refractivity contribution is -0.142. The van der Waals surface area contributed by atoms with Gasteiger partial charge in [0.15, 0.2) is 0 Å². The smallest absolute Gasteiger partial charge is 0.308 e. The molecule has 2 amide bonds. The van der Waals surface area contributed by atoms with Crippen LogP contribution >= 0.6 is 0 Å². The second-order valence-electron chi connectivity index (χ2n) is 6.48. The maximum atomic E-state index is 12.1. The van der Waals surface area contributed by atoms with Gasteiger partial charge >= 0.3 is 5.97 Å². The van der Waals surface area contributed by atoms with Crippen molar-refractivity contribution in [1.82, 2.24) is 10.2 Å². The molecule has 0 aromatic heterocycles. The first-order valence-electron chi connectivity index (χ1n) is 8.90. The van der Waals surface area contributed by atoms with Crippen LogP contribution in [0.2, 0.25) is 0 Å². The summed E-state index contributed by atoms with van der Waals surface area (Å²) in [4.78, 5) is 37.2. The maximum Gasteiger partial charge on any atom is 0.308 e. The molecule has 2 N–H and O–H groups in total. The third-order valence-electron chi connectivity index (χ3n) is 4.56. The van der Waals surface area contributed by atoms with Gasteiger partial charge in [0.25, 0.3) is 0 Å². The van der Waals surface area contributed by atoms with Crippen molar-refractivity contribution in [3.8, 4) is 5.75 Å². The normalized spacial score (nSPS) is 15.9. The molecular weight excluding hydrogens is 336 g/mol. The number of methoxy groups -OCH3 is 1. The molecule has 7 nitrogen and oxygen atoms in total. The van der Waals surface area contributed by atoms with Gasteiger partial charge in [-0.3, -0.25) is 14.4 Å². The number of amides is 2. The van der Waals surface area contributed by atoms with Gasteiger partial charge < -0.3 is 20.1 Å². The van der Waals surface area contributed by atoms with Crippen molar-refractivity contribution in [3.05, 3.63) is 29.8 Å². The van der Waals surface area contributed by atoms with Gasteiger partial charge in [-0.2, -0.15) is 0 Å². The van der Waals surface area contributed by atoms with E-state index >= 15 is 0 Å². The predicted molar refractivity (Wildman–Crippen MR) is 95.9 cm³/mol. The van der Waals surface area contributed by atoms with E-state index in [0.717, 1.165) is 24.8 Å². The van der Waals surface area contributed by atoms with Crippen LogP contribution < -0.4 is 10.1 Å². The minimum absolute atomic E-state index is 0.00818. The van der Waals surface area contributed by atoms with Crippen LogP contribution in [-0.4, -0.2) is 54.5 Å². The van der Waals surface area contributed by atoms with Crippen LogP contribution in [0.15, 0.2) is 24.3 Å². The predicted octanol–water partition coefficient (Wildman–Crippen LogP) is 1.46. The summed E-state index contributed by atoms with van der Waals surface area (Å²) in [5.41, 5.74) is 0.777. The third-order valence-corrected chi connectivity index (χ3v) is 4.56. The number of ether oxygens (including phenoxy) is 1. The molecular formula is C19H26N2O5. The van der Waals surface area contributed by atoms with E-state index in [-0.39, 0.29) is 31.3 Å². The molecule has 1 unspecified atom stereocenters. The van der Waals surface area contributed by atoms with Crippen molar-refractivity contribution in [2.24, 2.45) is 5.92 Å². The highest BCUT2D eigenvalue weighted by Gasteiger charge is 2.23. The number of nitrogens with one attached hydrogen (secondary N) is 1. The average molecular weight is 362 g/mol. The van der Waals surface area contributed by atoms with Crippen molar-refractivity contribution in [3.63, 3.8) is 0 Å². The van der Waals surface area contributed by atoms with Gasteiger partial charge in [-0.15, -0.1) is 0 Å². The molecule has 26 heavy (non-hydrogen) atoms. The SMILES string of the molecule is COc1ccccc1CC(CNC(=O)CN1CCCCCC1=O)C(=O)O. The Bertz CT molecular complexity index is 647. The van der Waals surface area contributed by atoms with Crippen LogP contribution in [0, 0.1) is 5.92 Å². The first-order valence-corrected chi connectivity index (χ1v) is 8.90. The zero-order valence-electron chi connectivity index (χ0n) is 15.1. The van der Waals surface area contributed by atoms with E-state index in [1.54, 1.807) is 11.0 Å². The molecule has 1 saturated heterocycles. The number of carbonyl (C=O) groups excluding carboxylic acids is 2. The number of hydrogen-bond donors (Lipinski definition) is 2. The fourth-order valence-corrected chi connectivity index (χ4v) is 3.06. The van der Waals surface area contributed by atoms with E-state index in [1.165, 1.54) is 7.11 Å². The molecule has 2 rings (SSSR count). The summed E-state index contributed by atoms with van der Waals surface area (Å²) < 4.78 is 5.25. The summed E-state index contributed by atoms with van der Waals surface area (Å²) in [7, 11) is 1.54. The molecule has 1 atom stereocenters. The van der Waals surface area contributed by atoms with E-state index in [1.807, 2.05) is 18.2 Å². The second kappa shape index (κ2) is 9.79. The van der Waals surface area contributed by atoms with Gasteiger partial charge in [0.05, 0.1) is 19.6 Å². The Morgan fingerprint density at radius 3 is 2.77 bits per heavy atom. The Morgan fingerprint density at radius 1 is 1.27 bits per heavy atom. The monoisotopic (exact) mass is 362 g/mol. The number of carboxylic acids is 1. The van der Waals surface area contributed by atoms with Crippen molar-refractivity contribution in [2.45, 2.75) is 32.1 Å². The van der Waals surface area contributed by atoms with E-state index in [0.29, 0.717) is 18.7 Å². The molecule has 0 spiro atoms. The van der Waals surface area contributed by atoms with Crippen molar-refractivity contribution >= 4 is 17.8 Å². The Kier molecular flexibility index (Phi) is 7.44. The molecule has 142 valence electrons. The van der Waals surface area contributed by atoms with Crippen molar-refractivity contribution < 1.29 is 24.2 Å². The molecule has 1 aromatic carbocycles. The first kappa shape index (κ1) is 19.8. The van der Waals surface area contributed by atoms with Crippen LogP contribution in [0.4, 0.5) is 0 Å². The first-order chi connectivity index (χ1) is 12.5. The highest BCUT2D eigenvalue weighted by Crippen LogP contribution is 2.21. The lowest BCUT2D eigenvalue weighted by Gasteiger charge is -2.21. The van der Waals surface area contributed by atoms with Crippen LogP contribution in [0.3, 0.4) is 0 Å². The van der Waals surface area contributed by atoms with Crippen LogP contribution in [0.1, 0.15) is 31.2 Å². The van der Waals surface area contributed by atoms with Crippen LogP contribution in [-0.2, 0) is 20.8 Å². The van der Waals surface area contributed by atoms with Gasteiger partial charge in [-0.25, -0.2) is 0 Å². The molecule has 0 aliphatic carbocycles. The Balaban J connectivity index is 1.90. The number of nitrogens with zero attached hydrogens (tertiary/aromatic N) is 1. The Morgan fingerprint density at radius 2 is 2.04 bits per heavy atom. The average Bonchev–Trinajstić information content (AvgIpc) is 2.83. The van der Waals surface area contributed by atoms with Gasteiger partial charge in [0.1, 0.15) is 5.75 Å². The maximum absolute atomic E-state index is 12.1. The van der Waals surface area contributed by atoms with Crippen molar-refractivity contribution in [2.75, 3.05) is 26.7 Å². The van der Waals surface area contributed by atoms with E-state index in [4.69, 9.17) is 4.74 Å². The Hall–Kier alpha value is -2.57. The molecule has 1 fully saturated rings. The topological polar surface area (TPSA) is 95.9 Å². The fourth-order valence-electron chi connectivity index (χ4n) is 3.06. The summed E-state index contributed by atoms with van der Waals surface area (Å²) in [5.74, 6) is -1.47. The number of hydrogen-bond acceptors (Lipinski definition) is 4. The lowest BCUT2D eigenvalue weighted by atomic mass is 9.98. The molecule has 7 heteroatoms. The molecule has 0 saturated carbocycles. The van der Waals surface area contributed by atoms with Crippen LogP contribution in [0.5, 0.6) is 5.75 Å². The summed E-state index contributed by atoms with van der Waals surface area (Å²) in [6, 6.07) is 7.22. The van der Waals surface area contributed by atoms with Gasteiger partial charge in [-0.05, 0) is 30.9 Å². The number of carboxylic acid groups (broad SMARTS) is 1. The highest BCUT2D eigenvalue weighted by atomic mass is 16.5. The van der Waals surface area contributed by atoms with E-state index in [9.17, 15) is 19.5 Å². The van der Waals surface area contributed by atoms with E-state index in [2.05, 4.69) is 5.32 Å².